The molecule has 2 unspecified atom stereocenters. The van der Waals surface area contributed by atoms with Crippen LogP contribution in [0.1, 0.15) is 5.56 Å². The predicted molar refractivity (Wildman–Crippen MR) is 81.9 cm³/mol. The maximum atomic E-state index is 4.65. The minimum absolute atomic E-state index is 0.682. The van der Waals surface area contributed by atoms with E-state index in [0.29, 0.717) is 6.04 Å². The number of aryl methyl sites for hydroxylation is 1. The Bertz CT molecular complexity index is 620. The summed E-state index contributed by atoms with van der Waals surface area (Å²) in [5, 5.41) is 3.47. The molecule has 3 nitrogen and oxygen atoms in total. The number of nitrogens with zero attached hydrogens (tertiary/aromatic N) is 2. The molecule has 0 spiro atoms. The second kappa shape index (κ2) is 4.60. The second-order valence-corrected chi connectivity index (χ2v) is 5.91. The molecule has 3 heterocycles. The van der Waals surface area contributed by atoms with E-state index in [1.807, 2.05) is 6.20 Å². The van der Waals surface area contributed by atoms with Gasteiger partial charge in [0.25, 0.3) is 0 Å². The fourth-order valence-electron chi connectivity index (χ4n) is 3.35. The van der Waals surface area contributed by atoms with Crippen molar-refractivity contribution in [2.45, 2.75) is 13.0 Å². The molecule has 2 aliphatic rings. The van der Waals surface area contributed by atoms with Crippen molar-refractivity contribution in [1.29, 1.82) is 0 Å². The van der Waals surface area contributed by atoms with Crippen molar-refractivity contribution in [2.24, 2.45) is 5.92 Å². The smallest absolute Gasteiger partial charge is 0.0703 e. The zero-order valence-electron chi connectivity index (χ0n) is 11.7. The normalized spacial score (nSPS) is 24.4. The molecule has 3 heteroatoms. The first kappa shape index (κ1) is 11.9. The maximum absolute atomic E-state index is 4.65. The van der Waals surface area contributed by atoms with E-state index in [1.165, 1.54) is 29.9 Å². The van der Waals surface area contributed by atoms with Crippen molar-refractivity contribution in [3.63, 3.8) is 0 Å². The number of nitrogens with one attached hydrogen (secondary N) is 1. The third-order valence-corrected chi connectivity index (χ3v) is 4.53. The SMILES string of the molecule is Cc1cccc(-c2ccc(N3CC4CNCC43)cn2)c1. The quantitative estimate of drug-likeness (QED) is 0.904. The first-order chi connectivity index (χ1) is 9.81. The average molecular weight is 265 g/mol. The Morgan fingerprint density at radius 1 is 1.20 bits per heavy atom. The van der Waals surface area contributed by atoms with Gasteiger partial charge in [-0.05, 0) is 25.1 Å². The van der Waals surface area contributed by atoms with Crippen LogP contribution in [0.5, 0.6) is 0 Å². The molecule has 102 valence electrons. The zero-order valence-corrected chi connectivity index (χ0v) is 11.7. The summed E-state index contributed by atoms with van der Waals surface area (Å²) in [6.45, 7) is 5.58. The Balaban J connectivity index is 1.57. The Morgan fingerprint density at radius 3 is 2.90 bits per heavy atom. The predicted octanol–water partition coefficient (Wildman–Crippen LogP) is 2.47. The highest BCUT2D eigenvalue weighted by Crippen LogP contribution is 2.33. The summed E-state index contributed by atoms with van der Waals surface area (Å²) in [6, 6.07) is 13.5. The lowest BCUT2D eigenvalue weighted by Gasteiger charge is -2.45. The first-order valence-corrected chi connectivity index (χ1v) is 7.32. The van der Waals surface area contributed by atoms with Gasteiger partial charge in [-0.3, -0.25) is 4.98 Å². The summed E-state index contributed by atoms with van der Waals surface area (Å²) in [5.41, 5.74) is 4.78. The highest BCUT2D eigenvalue weighted by Gasteiger charge is 2.42. The standard InChI is InChI=1S/C17H19N3/c1-12-3-2-4-13(7-12)16-6-5-15(9-19-16)20-11-14-8-18-10-17(14)20/h2-7,9,14,17-18H,8,10-11H2,1H3. The van der Waals surface area contributed by atoms with Crippen LogP contribution in [0.3, 0.4) is 0 Å². The molecular weight excluding hydrogens is 246 g/mol. The third-order valence-electron chi connectivity index (χ3n) is 4.53. The van der Waals surface area contributed by atoms with Gasteiger partial charge in [0.15, 0.2) is 0 Å². The van der Waals surface area contributed by atoms with E-state index >= 15 is 0 Å². The largest absolute Gasteiger partial charge is 0.365 e. The number of hydrogen-bond donors (Lipinski definition) is 1. The van der Waals surface area contributed by atoms with E-state index in [1.54, 1.807) is 0 Å². The van der Waals surface area contributed by atoms with Crippen LogP contribution in [0, 0.1) is 12.8 Å². The van der Waals surface area contributed by atoms with Crippen LogP contribution in [-0.2, 0) is 0 Å². The molecule has 2 aliphatic heterocycles. The van der Waals surface area contributed by atoms with Crippen LogP contribution in [-0.4, -0.2) is 30.7 Å². The molecule has 2 atom stereocenters. The number of benzene rings is 1. The van der Waals surface area contributed by atoms with Crippen molar-refractivity contribution >= 4 is 5.69 Å². The monoisotopic (exact) mass is 265 g/mol. The molecule has 1 aromatic heterocycles. The fraction of sp³-hybridized carbons (Fsp3) is 0.353. The molecule has 2 aromatic rings. The van der Waals surface area contributed by atoms with Gasteiger partial charge in [-0.25, -0.2) is 0 Å². The molecule has 1 aromatic carbocycles. The summed E-state index contributed by atoms with van der Waals surface area (Å²) in [4.78, 5) is 7.12. The lowest BCUT2D eigenvalue weighted by molar-refractivity contribution is 0.365. The number of aromatic nitrogens is 1. The third kappa shape index (κ3) is 1.90. The minimum atomic E-state index is 0.682. The molecule has 20 heavy (non-hydrogen) atoms. The zero-order chi connectivity index (χ0) is 13.5. The van der Waals surface area contributed by atoms with Gasteiger partial charge in [0.2, 0.25) is 0 Å². The molecule has 4 rings (SSSR count). The van der Waals surface area contributed by atoms with Gasteiger partial charge >= 0.3 is 0 Å². The van der Waals surface area contributed by atoms with Crippen LogP contribution >= 0.6 is 0 Å². The molecule has 0 amide bonds. The fourth-order valence-corrected chi connectivity index (χ4v) is 3.35. The van der Waals surface area contributed by atoms with Crippen molar-refractivity contribution in [3.8, 4) is 11.3 Å². The molecule has 2 fully saturated rings. The van der Waals surface area contributed by atoms with Crippen LogP contribution in [0.2, 0.25) is 0 Å². The van der Waals surface area contributed by atoms with Crippen molar-refractivity contribution in [3.05, 3.63) is 48.2 Å². The number of pyridine rings is 1. The summed E-state index contributed by atoms with van der Waals surface area (Å²) >= 11 is 0. The van der Waals surface area contributed by atoms with E-state index < -0.39 is 0 Å². The molecule has 0 aliphatic carbocycles. The Kier molecular flexibility index (Phi) is 2.74. The molecule has 1 N–H and O–H groups in total. The first-order valence-electron chi connectivity index (χ1n) is 7.32. The van der Waals surface area contributed by atoms with E-state index in [0.717, 1.165) is 18.2 Å². The van der Waals surface area contributed by atoms with Gasteiger partial charge in [0.1, 0.15) is 0 Å². The van der Waals surface area contributed by atoms with Gasteiger partial charge in [-0.15, -0.1) is 0 Å². The van der Waals surface area contributed by atoms with E-state index in [9.17, 15) is 0 Å². The second-order valence-electron chi connectivity index (χ2n) is 5.91. The van der Waals surface area contributed by atoms with Crippen LogP contribution < -0.4 is 10.2 Å². The molecule has 0 saturated carbocycles. The molecular formula is C17H19N3. The summed E-state index contributed by atoms with van der Waals surface area (Å²) < 4.78 is 0. The van der Waals surface area contributed by atoms with E-state index in [2.05, 4.69) is 58.5 Å². The highest BCUT2D eigenvalue weighted by atomic mass is 15.3. The number of anilines is 1. The van der Waals surface area contributed by atoms with Crippen LogP contribution in [0.25, 0.3) is 11.3 Å². The average Bonchev–Trinajstić information content (AvgIpc) is 2.81. The lowest BCUT2D eigenvalue weighted by Crippen LogP contribution is -2.55. The maximum Gasteiger partial charge on any atom is 0.0703 e. The minimum Gasteiger partial charge on any atom is -0.365 e. The van der Waals surface area contributed by atoms with Gasteiger partial charge in [-0.2, -0.15) is 0 Å². The summed E-state index contributed by atoms with van der Waals surface area (Å²) in [7, 11) is 0. The van der Waals surface area contributed by atoms with Gasteiger partial charge < -0.3 is 10.2 Å². The van der Waals surface area contributed by atoms with Gasteiger partial charge in [-0.1, -0.05) is 23.8 Å². The van der Waals surface area contributed by atoms with E-state index in [-0.39, 0.29) is 0 Å². The Labute approximate surface area is 119 Å². The van der Waals surface area contributed by atoms with Crippen LogP contribution in [0.4, 0.5) is 5.69 Å². The molecule has 2 saturated heterocycles. The number of fused-ring (bicyclic) bond motifs is 1. The number of rotatable bonds is 2. The van der Waals surface area contributed by atoms with E-state index in [4.69, 9.17) is 0 Å². The number of hydrogen-bond acceptors (Lipinski definition) is 3. The Hall–Kier alpha value is -1.87. The summed E-state index contributed by atoms with van der Waals surface area (Å²) in [6.07, 6.45) is 2.02. The molecule has 0 bridgehead atoms. The van der Waals surface area contributed by atoms with Crippen molar-refractivity contribution in [2.75, 3.05) is 24.5 Å². The van der Waals surface area contributed by atoms with Gasteiger partial charge in [0, 0.05) is 37.2 Å². The van der Waals surface area contributed by atoms with Crippen molar-refractivity contribution in [1.82, 2.24) is 10.3 Å². The summed E-state index contributed by atoms with van der Waals surface area (Å²) in [5.74, 6) is 0.839. The topological polar surface area (TPSA) is 28.2 Å². The van der Waals surface area contributed by atoms with Gasteiger partial charge in [0.05, 0.1) is 17.6 Å². The molecule has 0 radical (unpaired) electrons. The lowest BCUT2D eigenvalue weighted by atomic mass is 9.91. The highest BCUT2D eigenvalue weighted by molar-refractivity contribution is 5.62. The van der Waals surface area contributed by atoms with Crippen molar-refractivity contribution < 1.29 is 0 Å². The Morgan fingerprint density at radius 2 is 2.15 bits per heavy atom. The van der Waals surface area contributed by atoms with Crippen LogP contribution in [0.15, 0.2) is 42.6 Å².